The molecule has 1 fully saturated rings. The summed E-state index contributed by atoms with van der Waals surface area (Å²) in [4.78, 5) is 2.43. The largest absolute Gasteiger partial charge is 0.369 e. The SMILES string of the molecule is C(#Cc1nnc2ccccc2c1N1CCCCC1)c1ccccc1. The number of hydrogen-bond donors (Lipinski definition) is 0. The molecule has 0 unspecified atom stereocenters. The Morgan fingerprint density at radius 2 is 1.50 bits per heavy atom. The van der Waals surface area contributed by atoms with Gasteiger partial charge in [0, 0.05) is 24.0 Å². The zero-order valence-corrected chi connectivity index (χ0v) is 13.6. The first-order valence-corrected chi connectivity index (χ1v) is 8.49. The van der Waals surface area contributed by atoms with Crippen LogP contribution < -0.4 is 4.90 Å². The van der Waals surface area contributed by atoms with Crippen LogP contribution in [0.25, 0.3) is 10.9 Å². The first-order valence-electron chi connectivity index (χ1n) is 8.49. The first-order chi connectivity index (χ1) is 11.9. The second-order valence-electron chi connectivity index (χ2n) is 6.08. The molecule has 0 amide bonds. The van der Waals surface area contributed by atoms with Gasteiger partial charge in [-0.1, -0.05) is 42.3 Å². The van der Waals surface area contributed by atoms with Crippen molar-refractivity contribution in [1.82, 2.24) is 10.2 Å². The summed E-state index contributed by atoms with van der Waals surface area (Å²) in [5, 5.41) is 9.95. The number of hydrogen-bond acceptors (Lipinski definition) is 3. The minimum Gasteiger partial charge on any atom is -0.369 e. The van der Waals surface area contributed by atoms with Gasteiger partial charge in [0.05, 0.1) is 11.2 Å². The van der Waals surface area contributed by atoms with E-state index < -0.39 is 0 Å². The van der Waals surface area contributed by atoms with Crippen LogP contribution in [0.2, 0.25) is 0 Å². The molecule has 1 saturated heterocycles. The monoisotopic (exact) mass is 313 g/mol. The van der Waals surface area contributed by atoms with Crippen molar-refractivity contribution in [3.8, 4) is 11.8 Å². The number of fused-ring (bicyclic) bond motifs is 1. The van der Waals surface area contributed by atoms with Crippen molar-refractivity contribution in [3.05, 3.63) is 65.9 Å². The highest BCUT2D eigenvalue weighted by molar-refractivity contribution is 5.93. The highest BCUT2D eigenvalue weighted by Crippen LogP contribution is 2.30. The van der Waals surface area contributed by atoms with Crippen molar-refractivity contribution < 1.29 is 0 Å². The maximum atomic E-state index is 4.43. The summed E-state index contributed by atoms with van der Waals surface area (Å²) < 4.78 is 0. The van der Waals surface area contributed by atoms with Gasteiger partial charge in [-0.15, -0.1) is 10.2 Å². The maximum absolute atomic E-state index is 4.43. The molecule has 2 aromatic carbocycles. The fourth-order valence-corrected chi connectivity index (χ4v) is 3.21. The number of anilines is 1. The van der Waals surface area contributed by atoms with Crippen LogP contribution in [0.4, 0.5) is 5.69 Å². The molecule has 118 valence electrons. The van der Waals surface area contributed by atoms with Crippen LogP contribution in [0.3, 0.4) is 0 Å². The van der Waals surface area contributed by atoms with E-state index in [1.807, 2.05) is 42.5 Å². The molecule has 1 aliphatic heterocycles. The third kappa shape index (κ3) is 2.96. The summed E-state index contributed by atoms with van der Waals surface area (Å²) in [6, 6.07) is 18.2. The fourth-order valence-electron chi connectivity index (χ4n) is 3.21. The van der Waals surface area contributed by atoms with Gasteiger partial charge in [-0.2, -0.15) is 0 Å². The highest BCUT2D eigenvalue weighted by Gasteiger charge is 2.18. The molecular weight excluding hydrogens is 294 g/mol. The van der Waals surface area contributed by atoms with Crippen LogP contribution in [-0.4, -0.2) is 23.3 Å². The van der Waals surface area contributed by atoms with Gasteiger partial charge in [-0.3, -0.25) is 0 Å². The Morgan fingerprint density at radius 3 is 2.33 bits per heavy atom. The molecule has 1 aromatic heterocycles. The molecule has 0 atom stereocenters. The number of benzene rings is 2. The lowest BCUT2D eigenvalue weighted by Crippen LogP contribution is -2.30. The molecule has 2 heterocycles. The third-order valence-electron chi connectivity index (χ3n) is 4.41. The molecule has 3 nitrogen and oxygen atoms in total. The Morgan fingerprint density at radius 1 is 0.750 bits per heavy atom. The summed E-state index contributed by atoms with van der Waals surface area (Å²) in [5.41, 5.74) is 3.85. The molecule has 0 N–H and O–H groups in total. The lowest BCUT2D eigenvalue weighted by molar-refractivity contribution is 0.578. The number of rotatable bonds is 1. The van der Waals surface area contributed by atoms with E-state index in [2.05, 4.69) is 39.1 Å². The Balaban J connectivity index is 1.84. The van der Waals surface area contributed by atoms with E-state index in [0.717, 1.165) is 40.9 Å². The van der Waals surface area contributed by atoms with Crippen molar-refractivity contribution in [2.45, 2.75) is 19.3 Å². The molecule has 0 spiro atoms. The average molecular weight is 313 g/mol. The molecule has 3 heteroatoms. The van der Waals surface area contributed by atoms with Gasteiger partial charge in [0.1, 0.15) is 0 Å². The van der Waals surface area contributed by atoms with Crippen molar-refractivity contribution >= 4 is 16.6 Å². The number of nitrogens with zero attached hydrogens (tertiary/aromatic N) is 3. The highest BCUT2D eigenvalue weighted by atomic mass is 15.2. The van der Waals surface area contributed by atoms with Crippen molar-refractivity contribution in [2.75, 3.05) is 18.0 Å². The van der Waals surface area contributed by atoms with Crippen LogP contribution in [0.5, 0.6) is 0 Å². The second kappa shape index (κ2) is 6.72. The lowest BCUT2D eigenvalue weighted by Gasteiger charge is -2.30. The van der Waals surface area contributed by atoms with Gasteiger partial charge in [0.2, 0.25) is 0 Å². The lowest BCUT2D eigenvalue weighted by atomic mass is 10.1. The van der Waals surface area contributed by atoms with Crippen molar-refractivity contribution in [3.63, 3.8) is 0 Å². The first kappa shape index (κ1) is 14.7. The molecule has 0 saturated carbocycles. The fraction of sp³-hybridized carbons (Fsp3) is 0.238. The van der Waals surface area contributed by atoms with Crippen LogP contribution >= 0.6 is 0 Å². The van der Waals surface area contributed by atoms with Gasteiger partial charge < -0.3 is 4.90 Å². The molecule has 24 heavy (non-hydrogen) atoms. The summed E-state index contributed by atoms with van der Waals surface area (Å²) in [6.45, 7) is 2.13. The zero-order valence-electron chi connectivity index (χ0n) is 13.6. The van der Waals surface area contributed by atoms with E-state index in [-0.39, 0.29) is 0 Å². The molecule has 0 bridgehead atoms. The van der Waals surface area contributed by atoms with Gasteiger partial charge >= 0.3 is 0 Å². The molecule has 0 aliphatic carbocycles. The summed E-state index contributed by atoms with van der Waals surface area (Å²) >= 11 is 0. The Kier molecular flexibility index (Phi) is 4.12. The van der Waals surface area contributed by atoms with Crippen molar-refractivity contribution in [1.29, 1.82) is 0 Å². The average Bonchev–Trinajstić information content (AvgIpc) is 2.67. The molecule has 1 aliphatic rings. The smallest absolute Gasteiger partial charge is 0.160 e. The third-order valence-corrected chi connectivity index (χ3v) is 4.41. The summed E-state index contributed by atoms with van der Waals surface area (Å²) in [7, 11) is 0. The molecule has 3 aromatic rings. The molecule has 0 radical (unpaired) electrons. The van der Waals surface area contributed by atoms with Crippen LogP contribution in [0.15, 0.2) is 54.6 Å². The predicted molar refractivity (Wildman–Crippen MR) is 98.0 cm³/mol. The van der Waals surface area contributed by atoms with Gasteiger partial charge in [-0.25, -0.2) is 0 Å². The normalized spacial score (nSPS) is 14.2. The topological polar surface area (TPSA) is 29.0 Å². The van der Waals surface area contributed by atoms with Crippen LogP contribution in [-0.2, 0) is 0 Å². The van der Waals surface area contributed by atoms with E-state index in [0.29, 0.717) is 0 Å². The minimum atomic E-state index is 0.777. The van der Waals surface area contributed by atoms with Crippen LogP contribution in [0, 0.1) is 11.8 Å². The minimum absolute atomic E-state index is 0.777. The second-order valence-corrected chi connectivity index (χ2v) is 6.08. The standard InChI is InChI=1S/C21H19N3/c1-3-9-17(10-4-1)13-14-20-21(24-15-7-2-8-16-24)18-11-5-6-12-19(18)22-23-20/h1,3-6,9-12H,2,7-8,15-16H2. The summed E-state index contributed by atoms with van der Waals surface area (Å²) in [5.74, 6) is 6.48. The quantitative estimate of drug-likeness (QED) is 0.635. The number of piperidine rings is 1. The van der Waals surface area contributed by atoms with Gasteiger partial charge in [-0.05, 0) is 43.4 Å². The van der Waals surface area contributed by atoms with E-state index in [9.17, 15) is 0 Å². The Bertz CT molecular complexity index is 901. The zero-order chi connectivity index (χ0) is 16.2. The van der Waals surface area contributed by atoms with Crippen LogP contribution in [0.1, 0.15) is 30.5 Å². The van der Waals surface area contributed by atoms with E-state index in [1.165, 1.54) is 19.3 Å². The Hall–Kier alpha value is -2.86. The van der Waals surface area contributed by atoms with Gasteiger partial charge in [0.15, 0.2) is 5.69 Å². The summed E-state index contributed by atoms with van der Waals surface area (Å²) in [6.07, 6.45) is 3.75. The molecular formula is C21H19N3. The molecule has 4 rings (SSSR count). The van der Waals surface area contributed by atoms with Gasteiger partial charge in [0.25, 0.3) is 0 Å². The predicted octanol–water partition coefficient (Wildman–Crippen LogP) is 4.02. The van der Waals surface area contributed by atoms with Crippen molar-refractivity contribution in [2.24, 2.45) is 0 Å². The maximum Gasteiger partial charge on any atom is 0.160 e. The van der Waals surface area contributed by atoms with E-state index >= 15 is 0 Å². The van der Waals surface area contributed by atoms with E-state index in [4.69, 9.17) is 0 Å². The number of aromatic nitrogens is 2. The van der Waals surface area contributed by atoms with E-state index in [1.54, 1.807) is 0 Å². The Labute approximate surface area is 142 Å².